The van der Waals surface area contributed by atoms with E-state index in [2.05, 4.69) is 21.2 Å². The van der Waals surface area contributed by atoms with Gasteiger partial charge in [-0.05, 0) is 63.0 Å². The Morgan fingerprint density at radius 2 is 1.75 bits per heavy atom. The van der Waals surface area contributed by atoms with Gasteiger partial charge in [-0.15, -0.1) is 12.4 Å². The Morgan fingerprint density at radius 3 is 2.53 bits per heavy atom. The van der Waals surface area contributed by atoms with Gasteiger partial charge in [-0.1, -0.05) is 35.9 Å². The van der Waals surface area contributed by atoms with Gasteiger partial charge in [0.05, 0.1) is 11.6 Å². The molecule has 0 unspecified atom stereocenters. The van der Waals surface area contributed by atoms with Crippen LogP contribution in [0.4, 0.5) is 0 Å². The highest BCUT2D eigenvalue weighted by Gasteiger charge is 2.15. The molecule has 0 saturated heterocycles. The fraction of sp³-hybridized carbons (Fsp3) is 0.250. The van der Waals surface area contributed by atoms with E-state index in [1.807, 2.05) is 54.6 Å². The van der Waals surface area contributed by atoms with Crippen molar-refractivity contribution < 1.29 is 18.9 Å². The highest BCUT2D eigenvalue weighted by molar-refractivity contribution is 9.10. The number of halogens is 3. The number of hydrogen-bond acceptors (Lipinski definition) is 5. The topological polar surface area (TPSA) is 49.0 Å². The van der Waals surface area contributed by atoms with Crippen molar-refractivity contribution in [1.82, 2.24) is 5.32 Å². The van der Waals surface area contributed by atoms with E-state index in [1.165, 1.54) is 0 Å². The van der Waals surface area contributed by atoms with Crippen LogP contribution in [0, 0.1) is 0 Å². The van der Waals surface area contributed by atoms with E-state index in [1.54, 1.807) is 7.11 Å². The van der Waals surface area contributed by atoms with Crippen LogP contribution in [0.2, 0.25) is 5.02 Å². The third-order valence-corrected chi connectivity index (χ3v) is 5.84. The number of benzene rings is 3. The van der Waals surface area contributed by atoms with E-state index in [9.17, 15) is 0 Å². The van der Waals surface area contributed by atoms with E-state index in [-0.39, 0.29) is 12.4 Å². The molecule has 0 fully saturated rings. The van der Waals surface area contributed by atoms with Gasteiger partial charge in [0.2, 0.25) is 0 Å². The molecule has 3 aromatic carbocycles. The molecule has 0 aliphatic carbocycles. The lowest BCUT2D eigenvalue weighted by molar-refractivity contribution is 0.171. The van der Waals surface area contributed by atoms with Gasteiger partial charge in [0.15, 0.2) is 23.0 Å². The lowest BCUT2D eigenvalue weighted by Gasteiger charge is -2.19. The molecule has 32 heavy (non-hydrogen) atoms. The van der Waals surface area contributed by atoms with Crippen LogP contribution in [0.3, 0.4) is 0 Å². The summed E-state index contributed by atoms with van der Waals surface area (Å²) in [6.45, 7) is 2.87. The first-order valence-corrected chi connectivity index (χ1v) is 11.1. The fourth-order valence-electron chi connectivity index (χ4n) is 3.33. The molecule has 1 heterocycles. The highest BCUT2D eigenvalue weighted by atomic mass is 79.9. The SMILES string of the molecule is COc1cc(CNCc2ccccc2Cl)cc(Br)c1OCc1ccc2c(c1)OCCO2.Cl. The Balaban J connectivity index is 0.00000289. The number of ether oxygens (including phenoxy) is 4. The molecular formula is C24H24BrCl2NO4. The van der Waals surface area contributed by atoms with Crippen LogP contribution in [-0.2, 0) is 19.7 Å². The van der Waals surface area contributed by atoms with Crippen LogP contribution in [-0.4, -0.2) is 20.3 Å². The fourth-order valence-corrected chi connectivity index (χ4v) is 4.14. The highest BCUT2D eigenvalue weighted by Crippen LogP contribution is 2.38. The van der Waals surface area contributed by atoms with Crippen LogP contribution in [0.15, 0.2) is 59.1 Å². The lowest BCUT2D eigenvalue weighted by Crippen LogP contribution is -2.15. The summed E-state index contributed by atoms with van der Waals surface area (Å²) in [5, 5.41) is 4.18. The molecule has 1 aliphatic heterocycles. The summed E-state index contributed by atoms with van der Waals surface area (Å²) in [4.78, 5) is 0. The standard InChI is InChI=1S/C24H23BrClNO4.ClH/c1-28-23-12-17(13-27-14-18-4-2-3-5-20(18)26)10-19(25)24(23)31-15-16-6-7-21-22(11-16)30-9-8-29-21;/h2-7,10-12,27H,8-9,13-15H2,1H3;1H. The second-order valence-corrected chi connectivity index (χ2v) is 8.33. The number of hydrogen-bond donors (Lipinski definition) is 1. The summed E-state index contributed by atoms with van der Waals surface area (Å²) in [5.74, 6) is 2.84. The molecule has 5 nitrogen and oxygen atoms in total. The van der Waals surface area contributed by atoms with Crippen molar-refractivity contribution in [1.29, 1.82) is 0 Å². The summed E-state index contributed by atoms with van der Waals surface area (Å²) in [7, 11) is 1.64. The van der Waals surface area contributed by atoms with Gasteiger partial charge in [-0.25, -0.2) is 0 Å². The third kappa shape index (κ3) is 6.01. The van der Waals surface area contributed by atoms with E-state index in [0.29, 0.717) is 44.4 Å². The largest absolute Gasteiger partial charge is 0.493 e. The molecule has 0 amide bonds. The summed E-state index contributed by atoms with van der Waals surface area (Å²) >= 11 is 9.85. The van der Waals surface area contributed by atoms with Gasteiger partial charge in [-0.3, -0.25) is 0 Å². The minimum Gasteiger partial charge on any atom is -0.493 e. The predicted octanol–water partition coefficient (Wildman–Crippen LogP) is 6.17. The van der Waals surface area contributed by atoms with Crippen LogP contribution in [0.5, 0.6) is 23.0 Å². The monoisotopic (exact) mass is 539 g/mol. The molecular weight excluding hydrogens is 517 g/mol. The minimum atomic E-state index is 0. The first kappa shape index (κ1) is 24.5. The number of methoxy groups -OCH3 is 1. The summed E-state index contributed by atoms with van der Waals surface area (Å²) in [5.41, 5.74) is 3.13. The molecule has 0 bridgehead atoms. The summed E-state index contributed by atoms with van der Waals surface area (Å²) in [6.07, 6.45) is 0. The molecule has 0 aromatic heterocycles. The molecule has 0 atom stereocenters. The van der Waals surface area contributed by atoms with Crippen molar-refractivity contribution in [3.8, 4) is 23.0 Å². The molecule has 170 valence electrons. The quantitative estimate of drug-likeness (QED) is 0.370. The van der Waals surface area contributed by atoms with Crippen molar-refractivity contribution in [2.24, 2.45) is 0 Å². The van der Waals surface area contributed by atoms with Crippen LogP contribution in [0.1, 0.15) is 16.7 Å². The maximum Gasteiger partial charge on any atom is 0.175 e. The molecule has 1 N–H and O–H groups in total. The second kappa shape index (κ2) is 11.7. The zero-order chi connectivity index (χ0) is 21.6. The van der Waals surface area contributed by atoms with E-state index in [4.69, 9.17) is 30.5 Å². The zero-order valence-corrected chi connectivity index (χ0v) is 20.7. The Hall–Kier alpha value is -2.12. The lowest BCUT2D eigenvalue weighted by atomic mass is 10.1. The van der Waals surface area contributed by atoms with Crippen molar-refractivity contribution in [3.05, 3.63) is 80.8 Å². The Bertz CT molecular complexity index is 1060. The van der Waals surface area contributed by atoms with Gasteiger partial charge in [0.1, 0.15) is 19.8 Å². The van der Waals surface area contributed by atoms with Crippen LogP contribution < -0.4 is 24.3 Å². The smallest absolute Gasteiger partial charge is 0.175 e. The number of fused-ring (bicyclic) bond motifs is 1. The Kier molecular flexibility index (Phi) is 8.93. The maximum atomic E-state index is 6.23. The first-order chi connectivity index (χ1) is 15.1. The molecule has 4 rings (SSSR count). The number of rotatable bonds is 8. The van der Waals surface area contributed by atoms with Gasteiger partial charge < -0.3 is 24.3 Å². The van der Waals surface area contributed by atoms with Gasteiger partial charge in [-0.2, -0.15) is 0 Å². The van der Waals surface area contributed by atoms with Gasteiger partial charge >= 0.3 is 0 Å². The molecule has 8 heteroatoms. The Morgan fingerprint density at radius 1 is 0.969 bits per heavy atom. The molecule has 0 spiro atoms. The minimum absolute atomic E-state index is 0. The van der Waals surface area contributed by atoms with Crippen LogP contribution in [0.25, 0.3) is 0 Å². The van der Waals surface area contributed by atoms with Gasteiger partial charge in [0, 0.05) is 18.1 Å². The van der Waals surface area contributed by atoms with E-state index in [0.717, 1.165) is 37.7 Å². The third-order valence-electron chi connectivity index (χ3n) is 4.88. The van der Waals surface area contributed by atoms with Crippen molar-refractivity contribution in [2.45, 2.75) is 19.7 Å². The average molecular weight is 541 g/mol. The van der Waals surface area contributed by atoms with Crippen molar-refractivity contribution >= 4 is 39.9 Å². The molecule has 0 radical (unpaired) electrons. The average Bonchev–Trinajstić information content (AvgIpc) is 2.79. The van der Waals surface area contributed by atoms with Crippen LogP contribution >= 0.6 is 39.9 Å². The van der Waals surface area contributed by atoms with Crippen molar-refractivity contribution in [2.75, 3.05) is 20.3 Å². The number of nitrogens with one attached hydrogen (secondary N) is 1. The van der Waals surface area contributed by atoms with E-state index >= 15 is 0 Å². The van der Waals surface area contributed by atoms with Gasteiger partial charge in [0.25, 0.3) is 0 Å². The maximum absolute atomic E-state index is 6.23. The summed E-state index contributed by atoms with van der Waals surface area (Å²) < 4.78 is 23.7. The predicted molar refractivity (Wildman–Crippen MR) is 132 cm³/mol. The zero-order valence-electron chi connectivity index (χ0n) is 17.5. The molecule has 3 aromatic rings. The normalized spacial score (nSPS) is 12.1. The Labute approximate surface area is 207 Å². The first-order valence-electron chi connectivity index (χ1n) is 9.96. The second-order valence-electron chi connectivity index (χ2n) is 7.07. The van der Waals surface area contributed by atoms with E-state index < -0.39 is 0 Å². The summed E-state index contributed by atoms with van der Waals surface area (Å²) in [6, 6.07) is 17.7. The van der Waals surface area contributed by atoms with Crippen molar-refractivity contribution in [3.63, 3.8) is 0 Å². The molecule has 1 aliphatic rings. The molecule has 0 saturated carbocycles.